The van der Waals surface area contributed by atoms with Gasteiger partial charge in [-0.2, -0.15) is 0 Å². The first-order valence-electron chi connectivity index (χ1n) is 9.40. The molecule has 0 heterocycles. The molecule has 3 nitrogen and oxygen atoms in total. The van der Waals surface area contributed by atoms with Crippen LogP contribution in [-0.4, -0.2) is 23.2 Å². The minimum atomic E-state index is -1.17. The maximum atomic E-state index is 8.86. The minimum Gasteiger partial charge on any atom is -0.427 e. The predicted octanol–water partition coefficient (Wildman–Crippen LogP) is 4.05. The quantitative estimate of drug-likeness (QED) is 0.464. The highest BCUT2D eigenvalue weighted by Crippen LogP contribution is 2.34. The van der Waals surface area contributed by atoms with Crippen molar-refractivity contribution in [3.8, 4) is 0 Å². The first kappa shape index (κ1) is 19.8. The molecule has 0 spiro atoms. The molecule has 1 fully saturated rings. The summed E-state index contributed by atoms with van der Waals surface area (Å²) in [4.78, 5) is 0. The van der Waals surface area contributed by atoms with Crippen molar-refractivity contribution in [2.24, 2.45) is 17.6 Å². The minimum absolute atomic E-state index is 0.276. The van der Waals surface area contributed by atoms with Crippen LogP contribution in [0.15, 0.2) is 24.3 Å². The SMILES string of the molecule is N[C@@H](CCCCB(O)O)C1CCC(CCc2ccc(Cl)cc2)CC1. The first-order valence-corrected chi connectivity index (χ1v) is 9.78. The van der Waals surface area contributed by atoms with Crippen LogP contribution in [0, 0.1) is 11.8 Å². The third-order valence-electron chi connectivity index (χ3n) is 5.50. The second kappa shape index (κ2) is 10.4. The number of hydrogen-bond acceptors (Lipinski definition) is 3. The molecule has 1 aliphatic rings. The van der Waals surface area contributed by atoms with Crippen molar-refractivity contribution in [1.29, 1.82) is 0 Å². The Kier molecular flexibility index (Phi) is 8.61. The van der Waals surface area contributed by atoms with E-state index in [1.165, 1.54) is 37.7 Å². The Morgan fingerprint density at radius 3 is 2.38 bits per heavy atom. The van der Waals surface area contributed by atoms with Crippen LogP contribution >= 0.6 is 11.6 Å². The highest BCUT2D eigenvalue weighted by molar-refractivity contribution is 6.40. The van der Waals surface area contributed by atoms with E-state index >= 15 is 0 Å². The van der Waals surface area contributed by atoms with Gasteiger partial charge in [0.05, 0.1) is 0 Å². The van der Waals surface area contributed by atoms with Crippen LogP contribution in [0.5, 0.6) is 0 Å². The fourth-order valence-corrected chi connectivity index (χ4v) is 4.00. The van der Waals surface area contributed by atoms with Crippen LogP contribution in [-0.2, 0) is 6.42 Å². The summed E-state index contributed by atoms with van der Waals surface area (Å²) in [6, 6.07) is 8.49. The highest BCUT2D eigenvalue weighted by Gasteiger charge is 2.25. The molecule has 1 atom stereocenters. The third kappa shape index (κ3) is 7.14. The van der Waals surface area contributed by atoms with Gasteiger partial charge in [-0.15, -0.1) is 0 Å². The highest BCUT2D eigenvalue weighted by atomic mass is 35.5. The molecule has 4 N–H and O–H groups in total. The summed E-state index contributed by atoms with van der Waals surface area (Å²) in [7, 11) is -1.17. The van der Waals surface area contributed by atoms with Crippen LogP contribution in [0.1, 0.15) is 56.9 Å². The maximum Gasteiger partial charge on any atom is 0.451 e. The number of unbranched alkanes of at least 4 members (excludes halogenated alkanes) is 1. The van der Waals surface area contributed by atoms with Crippen molar-refractivity contribution in [3.05, 3.63) is 34.9 Å². The molecule has 24 heavy (non-hydrogen) atoms. The summed E-state index contributed by atoms with van der Waals surface area (Å²) in [5.41, 5.74) is 7.73. The predicted molar refractivity (Wildman–Crippen MR) is 102 cm³/mol. The summed E-state index contributed by atoms with van der Waals surface area (Å²) in [6.45, 7) is 0. The Labute approximate surface area is 151 Å². The molecular formula is C19H31BClNO2. The molecule has 0 aromatic heterocycles. The summed E-state index contributed by atoms with van der Waals surface area (Å²) >= 11 is 5.93. The van der Waals surface area contributed by atoms with Crippen LogP contribution in [0.2, 0.25) is 11.3 Å². The van der Waals surface area contributed by atoms with E-state index in [-0.39, 0.29) is 6.04 Å². The molecule has 1 aromatic carbocycles. The van der Waals surface area contributed by atoms with E-state index in [0.29, 0.717) is 12.2 Å². The number of benzene rings is 1. The van der Waals surface area contributed by atoms with Gasteiger partial charge in [0.1, 0.15) is 0 Å². The van der Waals surface area contributed by atoms with E-state index in [1.54, 1.807) is 0 Å². The molecular weight excluding hydrogens is 320 g/mol. The normalized spacial score (nSPS) is 22.3. The smallest absolute Gasteiger partial charge is 0.427 e. The average Bonchev–Trinajstić information content (AvgIpc) is 2.58. The molecule has 1 aromatic rings. The van der Waals surface area contributed by atoms with Crippen molar-refractivity contribution in [1.82, 2.24) is 0 Å². The largest absolute Gasteiger partial charge is 0.451 e. The third-order valence-corrected chi connectivity index (χ3v) is 5.75. The summed E-state index contributed by atoms with van der Waals surface area (Å²) in [5, 5.41) is 18.5. The first-order chi connectivity index (χ1) is 11.5. The lowest BCUT2D eigenvalue weighted by atomic mass is 9.75. The van der Waals surface area contributed by atoms with Gasteiger partial charge in [-0.3, -0.25) is 0 Å². The monoisotopic (exact) mass is 351 g/mol. The fourth-order valence-electron chi connectivity index (χ4n) is 3.87. The zero-order chi connectivity index (χ0) is 17.4. The average molecular weight is 352 g/mol. The topological polar surface area (TPSA) is 66.5 Å². The molecule has 0 aliphatic heterocycles. The van der Waals surface area contributed by atoms with Crippen LogP contribution in [0.25, 0.3) is 0 Å². The summed E-state index contributed by atoms with van der Waals surface area (Å²) in [5.74, 6) is 1.48. The Morgan fingerprint density at radius 1 is 1.08 bits per heavy atom. The van der Waals surface area contributed by atoms with Gasteiger partial charge in [0.2, 0.25) is 0 Å². The molecule has 0 bridgehead atoms. The van der Waals surface area contributed by atoms with Gasteiger partial charge in [0.15, 0.2) is 0 Å². The molecule has 134 valence electrons. The molecule has 0 radical (unpaired) electrons. The number of halogens is 1. The van der Waals surface area contributed by atoms with E-state index in [9.17, 15) is 0 Å². The summed E-state index contributed by atoms with van der Waals surface area (Å²) in [6.07, 6.45) is 10.8. The Balaban J connectivity index is 1.61. The lowest BCUT2D eigenvalue weighted by Crippen LogP contribution is -2.33. The van der Waals surface area contributed by atoms with Gasteiger partial charge in [-0.1, -0.05) is 49.4 Å². The van der Waals surface area contributed by atoms with Crippen molar-refractivity contribution in [2.75, 3.05) is 0 Å². The van der Waals surface area contributed by atoms with E-state index < -0.39 is 7.12 Å². The van der Waals surface area contributed by atoms with Gasteiger partial charge in [0.25, 0.3) is 0 Å². The molecule has 2 rings (SSSR count). The number of aryl methyl sites for hydroxylation is 1. The Hall–Kier alpha value is -0.545. The van der Waals surface area contributed by atoms with Gasteiger partial charge < -0.3 is 15.8 Å². The van der Waals surface area contributed by atoms with Gasteiger partial charge in [0, 0.05) is 11.1 Å². The van der Waals surface area contributed by atoms with Gasteiger partial charge >= 0.3 is 7.12 Å². The zero-order valence-electron chi connectivity index (χ0n) is 14.5. The van der Waals surface area contributed by atoms with E-state index in [1.807, 2.05) is 12.1 Å². The lowest BCUT2D eigenvalue weighted by Gasteiger charge is -2.32. The molecule has 0 amide bonds. The maximum absolute atomic E-state index is 8.86. The lowest BCUT2D eigenvalue weighted by molar-refractivity contribution is 0.227. The van der Waals surface area contributed by atoms with Crippen LogP contribution < -0.4 is 5.73 Å². The second-order valence-corrected chi connectivity index (χ2v) is 7.81. The van der Waals surface area contributed by atoms with Crippen molar-refractivity contribution in [3.63, 3.8) is 0 Å². The molecule has 0 saturated heterocycles. The van der Waals surface area contributed by atoms with Crippen LogP contribution in [0.3, 0.4) is 0 Å². The van der Waals surface area contributed by atoms with E-state index in [0.717, 1.165) is 36.6 Å². The van der Waals surface area contributed by atoms with E-state index in [4.69, 9.17) is 27.4 Å². The number of hydrogen-bond donors (Lipinski definition) is 3. The number of nitrogens with two attached hydrogens (primary N) is 1. The van der Waals surface area contributed by atoms with Crippen LogP contribution in [0.4, 0.5) is 0 Å². The molecule has 0 unspecified atom stereocenters. The van der Waals surface area contributed by atoms with Crippen molar-refractivity contribution >= 4 is 18.7 Å². The molecule has 5 heteroatoms. The van der Waals surface area contributed by atoms with E-state index in [2.05, 4.69) is 12.1 Å². The summed E-state index contributed by atoms with van der Waals surface area (Å²) < 4.78 is 0. The van der Waals surface area contributed by atoms with Gasteiger partial charge in [-0.05, 0) is 68.0 Å². The zero-order valence-corrected chi connectivity index (χ0v) is 15.3. The second-order valence-electron chi connectivity index (χ2n) is 7.37. The van der Waals surface area contributed by atoms with Crippen molar-refractivity contribution < 1.29 is 10.0 Å². The standard InChI is InChI=1S/C19H31BClNO2/c21-18-12-8-16(9-13-18)5-4-15-6-10-17(11-7-15)19(22)3-1-2-14-20(23)24/h8-9,12-13,15,17,19,23-24H,1-7,10-11,14,22H2/t15?,17?,19-/m0/s1. The Morgan fingerprint density at radius 2 is 1.75 bits per heavy atom. The molecule has 1 saturated carbocycles. The Bertz CT molecular complexity index is 461. The van der Waals surface area contributed by atoms with Gasteiger partial charge in [-0.25, -0.2) is 0 Å². The number of rotatable bonds is 9. The molecule has 1 aliphatic carbocycles. The fraction of sp³-hybridized carbons (Fsp3) is 0.684. The van der Waals surface area contributed by atoms with Crippen molar-refractivity contribution in [2.45, 2.75) is 70.1 Å².